The molecular formula is C9H16N2O2. The third-order valence-electron chi connectivity index (χ3n) is 1.59. The Morgan fingerprint density at radius 2 is 2.23 bits per heavy atom. The summed E-state index contributed by atoms with van der Waals surface area (Å²) in [6, 6.07) is 1.80. The van der Waals surface area contributed by atoms with Gasteiger partial charge in [-0.3, -0.25) is 4.79 Å². The number of amides is 1. The van der Waals surface area contributed by atoms with Gasteiger partial charge in [0.15, 0.2) is 0 Å². The highest BCUT2D eigenvalue weighted by molar-refractivity contribution is 5.77. The molecule has 4 heteroatoms. The van der Waals surface area contributed by atoms with Crippen molar-refractivity contribution in [2.75, 3.05) is 20.3 Å². The molecule has 0 heterocycles. The zero-order valence-electron chi connectivity index (χ0n) is 8.01. The zero-order chi connectivity index (χ0) is 9.94. The van der Waals surface area contributed by atoms with Gasteiger partial charge < -0.3 is 10.1 Å². The third kappa shape index (κ3) is 8.83. The average molecular weight is 184 g/mol. The Balaban J connectivity index is 3.08. The molecule has 0 rings (SSSR count). The number of hydrogen-bond acceptors (Lipinski definition) is 3. The standard InChI is InChI=1S/C9H16N2O2/c1-13-8-4-2-3-7-11-9(12)5-6-10/h2-5,7-8H2,1H3,(H,11,12). The van der Waals surface area contributed by atoms with E-state index in [4.69, 9.17) is 10.00 Å². The fraction of sp³-hybridized carbons (Fsp3) is 0.778. The first kappa shape index (κ1) is 11.9. The van der Waals surface area contributed by atoms with Gasteiger partial charge in [-0.05, 0) is 19.3 Å². The molecule has 0 bridgehead atoms. The molecule has 0 aromatic rings. The van der Waals surface area contributed by atoms with Crippen molar-refractivity contribution in [3.8, 4) is 6.07 Å². The van der Waals surface area contributed by atoms with Crippen molar-refractivity contribution < 1.29 is 9.53 Å². The average Bonchev–Trinajstić information content (AvgIpc) is 2.11. The quantitative estimate of drug-likeness (QED) is 0.596. The van der Waals surface area contributed by atoms with Crippen molar-refractivity contribution in [3.05, 3.63) is 0 Å². The second-order valence-electron chi connectivity index (χ2n) is 2.74. The van der Waals surface area contributed by atoms with Gasteiger partial charge in [-0.25, -0.2) is 0 Å². The molecule has 0 aliphatic heterocycles. The molecule has 4 nitrogen and oxygen atoms in total. The molecule has 0 unspecified atom stereocenters. The van der Waals surface area contributed by atoms with Crippen LogP contribution in [0.3, 0.4) is 0 Å². The van der Waals surface area contributed by atoms with Crippen molar-refractivity contribution in [2.24, 2.45) is 0 Å². The van der Waals surface area contributed by atoms with E-state index >= 15 is 0 Å². The van der Waals surface area contributed by atoms with Crippen LogP contribution >= 0.6 is 0 Å². The van der Waals surface area contributed by atoms with Crippen LogP contribution in [0.15, 0.2) is 0 Å². The van der Waals surface area contributed by atoms with Crippen LogP contribution in [0, 0.1) is 11.3 Å². The van der Waals surface area contributed by atoms with Gasteiger partial charge in [0.1, 0.15) is 6.42 Å². The Morgan fingerprint density at radius 1 is 1.46 bits per heavy atom. The summed E-state index contributed by atoms with van der Waals surface area (Å²) >= 11 is 0. The summed E-state index contributed by atoms with van der Waals surface area (Å²) in [7, 11) is 1.68. The molecule has 0 saturated heterocycles. The lowest BCUT2D eigenvalue weighted by atomic mass is 10.2. The van der Waals surface area contributed by atoms with E-state index in [0.717, 1.165) is 25.9 Å². The summed E-state index contributed by atoms with van der Waals surface area (Å²) in [5.74, 6) is -0.186. The molecule has 0 saturated carbocycles. The maximum Gasteiger partial charge on any atom is 0.234 e. The number of nitrogens with one attached hydrogen (secondary N) is 1. The van der Waals surface area contributed by atoms with Crippen LogP contribution < -0.4 is 5.32 Å². The minimum Gasteiger partial charge on any atom is -0.385 e. The monoisotopic (exact) mass is 184 g/mol. The van der Waals surface area contributed by atoms with Gasteiger partial charge in [-0.2, -0.15) is 5.26 Å². The first-order valence-corrected chi connectivity index (χ1v) is 4.44. The number of unbranched alkanes of at least 4 members (excludes halogenated alkanes) is 2. The van der Waals surface area contributed by atoms with Crippen LogP contribution in [-0.4, -0.2) is 26.2 Å². The number of ether oxygens (including phenoxy) is 1. The summed E-state index contributed by atoms with van der Waals surface area (Å²) in [6.07, 6.45) is 2.96. The summed E-state index contributed by atoms with van der Waals surface area (Å²) in [5.41, 5.74) is 0. The van der Waals surface area contributed by atoms with Crippen molar-refractivity contribution >= 4 is 5.91 Å². The van der Waals surface area contributed by atoms with E-state index in [0.29, 0.717) is 6.54 Å². The summed E-state index contributed by atoms with van der Waals surface area (Å²) in [4.78, 5) is 10.8. The molecule has 0 spiro atoms. The first-order valence-electron chi connectivity index (χ1n) is 4.44. The molecule has 0 atom stereocenters. The van der Waals surface area contributed by atoms with E-state index in [-0.39, 0.29) is 12.3 Å². The molecule has 1 amide bonds. The minimum atomic E-state index is -0.186. The molecule has 1 N–H and O–H groups in total. The van der Waals surface area contributed by atoms with E-state index in [1.54, 1.807) is 13.2 Å². The van der Waals surface area contributed by atoms with Gasteiger partial charge in [0.05, 0.1) is 6.07 Å². The molecule has 0 aromatic heterocycles. The van der Waals surface area contributed by atoms with Gasteiger partial charge in [0.2, 0.25) is 5.91 Å². The van der Waals surface area contributed by atoms with E-state index < -0.39 is 0 Å². The number of nitrogens with zero attached hydrogens (tertiary/aromatic N) is 1. The fourth-order valence-corrected chi connectivity index (χ4v) is 0.910. The largest absolute Gasteiger partial charge is 0.385 e. The van der Waals surface area contributed by atoms with E-state index in [2.05, 4.69) is 5.32 Å². The summed E-state index contributed by atoms with van der Waals surface area (Å²) < 4.78 is 4.88. The van der Waals surface area contributed by atoms with Crippen molar-refractivity contribution in [3.63, 3.8) is 0 Å². The van der Waals surface area contributed by atoms with Gasteiger partial charge in [-0.1, -0.05) is 0 Å². The number of methoxy groups -OCH3 is 1. The zero-order valence-corrected chi connectivity index (χ0v) is 8.01. The van der Waals surface area contributed by atoms with Gasteiger partial charge >= 0.3 is 0 Å². The number of rotatable bonds is 7. The lowest BCUT2D eigenvalue weighted by Gasteiger charge is -2.01. The Kier molecular flexibility index (Phi) is 8.26. The lowest BCUT2D eigenvalue weighted by Crippen LogP contribution is -2.23. The predicted octanol–water partition coefficient (Wildman–Crippen LogP) is 0.833. The molecule has 0 aromatic carbocycles. The highest BCUT2D eigenvalue weighted by Gasteiger charge is 1.97. The van der Waals surface area contributed by atoms with Crippen LogP contribution in [0.2, 0.25) is 0 Å². The minimum absolute atomic E-state index is 0.0436. The molecule has 0 aliphatic rings. The Hall–Kier alpha value is -1.08. The second-order valence-corrected chi connectivity index (χ2v) is 2.74. The predicted molar refractivity (Wildman–Crippen MR) is 49.0 cm³/mol. The Morgan fingerprint density at radius 3 is 2.85 bits per heavy atom. The number of nitriles is 1. The van der Waals surface area contributed by atoms with Gasteiger partial charge in [0, 0.05) is 20.3 Å². The molecule has 0 aliphatic carbocycles. The van der Waals surface area contributed by atoms with Crippen LogP contribution in [0.4, 0.5) is 0 Å². The van der Waals surface area contributed by atoms with Crippen LogP contribution in [0.5, 0.6) is 0 Å². The third-order valence-corrected chi connectivity index (χ3v) is 1.59. The van der Waals surface area contributed by atoms with Crippen molar-refractivity contribution in [1.29, 1.82) is 5.26 Å². The maximum atomic E-state index is 10.8. The Labute approximate surface area is 78.9 Å². The SMILES string of the molecule is COCCCCCNC(=O)CC#N. The second kappa shape index (κ2) is 9.01. The van der Waals surface area contributed by atoms with Crippen molar-refractivity contribution in [1.82, 2.24) is 5.32 Å². The highest BCUT2D eigenvalue weighted by Crippen LogP contribution is 1.93. The lowest BCUT2D eigenvalue weighted by molar-refractivity contribution is -0.120. The molecule has 0 radical (unpaired) electrons. The normalized spacial score (nSPS) is 9.23. The summed E-state index contributed by atoms with van der Waals surface area (Å²) in [5, 5.41) is 10.8. The van der Waals surface area contributed by atoms with Gasteiger partial charge in [-0.15, -0.1) is 0 Å². The number of carbonyl (C=O) groups is 1. The van der Waals surface area contributed by atoms with E-state index in [1.807, 2.05) is 0 Å². The smallest absolute Gasteiger partial charge is 0.234 e. The number of carbonyl (C=O) groups excluding carboxylic acids is 1. The maximum absolute atomic E-state index is 10.8. The van der Waals surface area contributed by atoms with Gasteiger partial charge in [0.25, 0.3) is 0 Å². The topological polar surface area (TPSA) is 62.1 Å². The molecule has 13 heavy (non-hydrogen) atoms. The fourth-order valence-electron chi connectivity index (χ4n) is 0.910. The summed E-state index contributed by atoms with van der Waals surface area (Å²) in [6.45, 7) is 1.43. The molecular weight excluding hydrogens is 168 g/mol. The Bertz CT molecular complexity index is 175. The first-order chi connectivity index (χ1) is 6.31. The molecule has 0 fully saturated rings. The van der Waals surface area contributed by atoms with E-state index in [9.17, 15) is 4.79 Å². The van der Waals surface area contributed by atoms with E-state index in [1.165, 1.54) is 0 Å². The molecule has 74 valence electrons. The highest BCUT2D eigenvalue weighted by atomic mass is 16.5. The van der Waals surface area contributed by atoms with Crippen LogP contribution in [0.25, 0.3) is 0 Å². The van der Waals surface area contributed by atoms with Crippen LogP contribution in [-0.2, 0) is 9.53 Å². The van der Waals surface area contributed by atoms with Crippen molar-refractivity contribution in [2.45, 2.75) is 25.7 Å². The number of hydrogen-bond donors (Lipinski definition) is 1. The van der Waals surface area contributed by atoms with Crippen LogP contribution in [0.1, 0.15) is 25.7 Å².